The molecule has 0 aromatic heterocycles. The van der Waals surface area contributed by atoms with Crippen LogP contribution in [-0.4, -0.2) is 31.2 Å². The second kappa shape index (κ2) is 3.99. The number of hydrogen-bond acceptors (Lipinski definition) is 3. The monoisotopic (exact) mass is 246 g/mol. The van der Waals surface area contributed by atoms with Crippen molar-refractivity contribution in [1.82, 2.24) is 0 Å². The van der Waals surface area contributed by atoms with Crippen molar-refractivity contribution in [2.75, 3.05) is 30.4 Å². The van der Waals surface area contributed by atoms with E-state index in [1.54, 1.807) is 0 Å². The summed E-state index contributed by atoms with van der Waals surface area (Å²) in [7, 11) is 2.04. The number of rotatable bonds is 4. The van der Waals surface area contributed by atoms with Crippen LogP contribution in [0.15, 0.2) is 18.2 Å². The zero-order valence-corrected chi connectivity index (χ0v) is 10.6. The van der Waals surface area contributed by atoms with Crippen molar-refractivity contribution in [3.05, 3.63) is 23.8 Å². The standard InChI is InChI=1S/C14H18N2O2/c1-16(8-14(9-17)4-5-14)11-2-3-12-10(6-11)7-13(18)15-12/h2-3,6,17H,4-5,7-9H2,1H3,(H,15,18). The highest BCUT2D eigenvalue weighted by molar-refractivity contribution is 5.99. The summed E-state index contributed by atoms with van der Waals surface area (Å²) in [5, 5.41) is 12.2. The number of aliphatic hydroxyl groups is 1. The summed E-state index contributed by atoms with van der Waals surface area (Å²) in [6.45, 7) is 1.14. The SMILES string of the molecule is CN(CC1(CO)CC1)c1ccc2c(c1)CC(=O)N2. The van der Waals surface area contributed by atoms with E-state index in [2.05, 4.69) is 16.3 Å². The van der Waals surface area contributed by atoms with Crippen LogP contribution in [0.5, 0.6) is 0 Å². The Labute approximate surface area is 107 Å². The first kappa shape index (κ1) is 11.5. The molecule has 0 radical (unpaired) electrons. The van der Waals surface area contributed by atoms with Gasteiger partial charge in [-0.2, -0.15) is 0 Å². The summed E-state index contributed by atoms with van der Waals surface area (Å²) < 4.78 is 0. The van der Waals surface area contributed by atoms with Gasteiger partial charge in [-0.1, -0.05) is 0 Å². The van der Waals surface area contributed by atoms with Crippen molar-refractivity contribution < 1.29 is 9.90 Å². The predicted octanol–water partition coefficient (Wildman–Crippen LogP) is 1.39. The first-order chi connectivity index (χ1) is 8.62. The van der Waals surface area contributed by atoms with Crippen LogP contribution in [-0.2, 0) is 11.2 Å². The molecule has 2 aliphatic rings. The summed E-state index contributed by atoms with van der Waals surface area (Å²) in [6, 6.07) is 6.06. The molecule has 2 N–H and O–H groups in total. The number of fused-ring (bicyclic) bond motifs is 1. The molecular weight excluding hydrogens is 228 g/mol. The Morgan fingerprint density at radius 2 is 2.22 bits per heavy atom. The van der Waals surface area contributed by atoms with Crippen LogP contribution in [0, 0.1) is 5.41 Å². The Morgan fingerprint density at radius 3 is 2.89 bits per heavy atom. The zero-order chi connectivity index (χ0) is 12.8. The quantitative estimate of drug-likeness (QED) is 0.844. The van der Waals surface area contributed by atoms with Crippen LogP contribution in [0.2, 0.25) is 0 Å². The third-order valence-electron chi connectivity index (χ3n) is 4.02. The van der Waals surface area contributed by atoms with Crippen LogP contribution in [0.4, 0.5) is 11.4 Å². The minimum absolute atomic E-state index is 0.0684. The lowest BCUT2D eigenvalue weighted by molar-refractivity contribution is -0.115. The molecule has 1 amide bonds. The molecule has 1 saturated carbocycles. The van der Waals surface area contributed by atoms with Crippen LogP contribution >= 0.6 is 0 Å². The molecule has 1 heterocycles. The lowest BCUT2D eigenvalue weighted by atomic mass is 10.1. The molecule has 0 unspecified atom stereocenters. The molecule has 0 saturated heterocycles. The van der Waals surface area contributed by atoms with E-state index in [-0.39, 0.29) is 17.9 Å². The fourth-order valence-corrected chi connectivity index (χ4v) is 2.59. The maximum atomic E-state index is 11.3. The Balaban J connectivity index is 1.77. The van der Waals surface area contributed by atoms with Gasteiger partial charge < -0.3 is 15.3 Å². The maximum Gasteiger partial charge on any atom is 0.228 e. The largest absolute Gasteiger partial charge is 0.396 e. The fraction of sp³-hybridized carbons (Fsp3) is 0.500. The number of anilines is 2. The molecule has 4 nitrogen and oxygen atoms in total. The molecule has 1 aliphatic heterocycles. The van der Waals surface area contributed by atoms with Crippen LogP contribution < -0.4 is 10.2 Å². The van der Waals surface area contributed by atoms with Crippen LogP contribution in [0.3, 0.4) is 0 Å². The number of aliphatic hydroxyl groups excluding tert-OH is 1. The van der Waals surface area contributed by atoms with Crippen molar-refractivity contribution in [3.8, 4) is 0 Å². The zero-order valence-electron chi connectivity index (χ0n) is 10.6. The number of benzene rings is 1. The summed E-state index contributed by atoms with van der Waals surface area (Å²) in [5.41, 5.74) is 3.23. The average molecular weight is 246 g/mol. The van der Waals surface area contributed by atoms with Crippen LogP contribution in [0.25, 0.3) is 0 Å². The smallest absolute Gasteiger partial charge is 0.228 e. The van der Waals surface area contributed by atoms with Gasteiger partial charge in [0.05, 0.1) is 13.0 Å². The lowest BCUT2D eigenvalue weighted by Gasteiger charge is -2.24. The molecule has 3 rings (SSSR count). The molecule has 1 aromatic rings. The van der Waals surface area contributed by atoms with Crippen molar-refractivity contribution in [2.45, 2.75) is 19.3 Å². The Morgan fingerprint density at radius 1 is 1.44 bits per heavy atom. The van der Waals surface area contributed by atoms with Crippen molar-refractivity contribution >= 4 is 17.3 Å². The van der Waals surface area contributed by atoms with E-state index in [9.17, 15) is 9.90 Å². The van der Waals surface area contributed by atoms with E-state index in [1.165, 1.54) is 0 Å². The van der Waals surface area contributed by atoms with Crippen LogP contribution in [0.1, 0.15) is 18.4 Å². The number of hydrogen-bond donors (Lipinski definition) is 2. The van der Waals surface area contributed by atoms with Gasteiger partial charge in [0.1, 0.15) is 0 Å². The molecule has 0 bridgehead atoms. The number of amides is 1. The third kappa shape index (κ3) is 1.97. The number of nitrogens with one attached hydrogen (secondary N) is 1. The van der Waals surface area contributed by atoms with Gasteiger partial charge in [-0.25, -0.2) is 0 Å². The molecule has 1 aromatic carbocycles. The maximum absolute atomic E-state index is 11.3. The summed E-state index contributed by atoms with van der Waals surface area (Å²) in [4.78, 5) is 13.5. The minimum atomic E-state index is 0.0684. The van der Waals surface area contributed by atoms with E-state index in [1.807, 2.05) is 19.2 Å². The minimum Gasteiger partial charge on any atom is -0.396 e. The second-order valence-electron chi connectivity index (χ2n) is 5.58. The lowest BCUT2D eigenvalue weighted by Crippen LogP contribution is -2.28. The van der Waals surface area contributed by atoms with Crippen molar-refractivity contribution in [2.24, 2.45) is 5.41 Å². The first-order valence-electron chi connectivity index (χ1n) is 6.37. The summed E-state index contributed by atoms with van der Waals surface area (Å²) in [6.07, 6.45) is 2.69. The highest BCUT2D eigenvalue weighted by atomic mass is 16.3. The second-order valence-corrected chi connectivity index (χ2v) is 5.58. The van der Waals surface area contributed by atoms with Gasteiger partial charge in [0.2, 0.25) is 5.91 Å². The van der Waals surface area contributed by atoms with E-state index < -0.39 is 0 Å². The molecular formula is C14H18N2O2. The van der Waals surface area contributed by atoms with Gasteiger partial charge in [0, 0.05) is 30.4 Å². The molecule has 18 heavy (non-hydrogen) atoms. The highest BCUT2D eigenvalue weighted by Gasteiger charge is 2.42. The summed E-state index contributed by atoms with van der Waals surface area (Å²) in [5.74, 6) is 0.0684. The van der Waals surface area contributed by atoms with Crippen molar-refractivity contribution in [3.63, 3.8) is 0 Å². The number of carbonyl (C=O) groups is 1. The Kier molecular flexibility index (Phi) is 2.55. The Bertz CT molecular complexity index is 495. The predicted molar refractivity (Wildman–Crippen MR) is 70.8 cm³/mol. The average Bonchev–Trinajstić information content (AvgIpc) is 3.01. The number of nitrogens with zero attached hydrogens (tertiary/aromatic N) is 1. The van der Waals surface area contributed by atoms with Gasteiger partial charge in [-0.15, -0.1) is 0 Å². The summed E-state index contributed by atoms with van der Waals surface area (Å²) >= 11 is 0. The van der Waals surface area contributed by atoms with E-state index in [0.717, 1.165) is 36.3 Å². The van der Waals surface area contributed by atoms with Gasteiger partial charge in [0.25, 0.3) is 0 Å². The highest BCUT2D eigenvalue weighted by Crippen LogP contribution is 2.46. The van der Waals surface area contributed by atoms with E-state index in [0.29, 0.717) is 6.42 Å². The van der Waals surface area contributed by atoms with Crippen molar-refractivity contribution in [1.29, 1.82) is 0 Å². The number of carbonyl (C=O) groups excluding carboxylic acids is 1. The third-order valence-corrected chi connectivity index (χ3v) is 4.02. The fourth-order valence-electron chi connectivity index (χ4n) is 2.59. The Hall–Kier alpha value is -1.55. The van der Waals surface area contributed by atoms with Gasteiger partial charge in [0.15, 0.2) is 0 Å². The molecule has 96 valence electrons. The normalized spacial score (nSPS) is 19.3. The van der Waals surface area contributed by atoms with Gasteiger partial charge in [-0.05, 0) is 36.6 Å². The molecule has 1 aliphatic carbocycles. The molecule has 0 spiro atoms. The molecule has 0 atom stereocenters. The van der Waals surface area contributed by atoms with E-state index >= 15 is 0 Å². The van der Waals surface area contributed by atoms with Gasteiger partial charge >= 0.3 is 0 Å². The topological polar surface area (TPSA) is 52.6 Å². The molecule has 4 heteroatoms. The first-order valence-corrected chi connectivity index (χ1v) is 6.37. The molecule has 1 fully saturated rings. The van der Waals surface area contributed by atoms with Gasteiger partial charge in [-0.3, -0.25) is 4.79 Å². The van der Waals surface area contributed by atoms with E-state index in [4.69, 9.17) is 0 Å².